The minimum Gasteiger partial charge on any atom is -0.470 e. The van der Waals surface area contributed by atoms with E-state index in [-0.39, 0.29) is 31.2 Å². The van der Waals surface area contributed by atoms with Gasteiger partial charge in [-0.25, -0.2) is 9.78 Å². The predicted molar refractivity (Wildman–Crippen MR) is 141 cm³/mol. The Bertz CT molecular complexity index is 1130. The number of hydrogen-bond donors (Lipinski definition) is 0. The minimum absolute atomic E-state index is 0.00665. The molecule has 0 spiro atoms. The van der Waals surface area contributed by atoms with Crippen LogP contribution in [0.2, 0.25) is 0 Å². The molecule has 2 saturated heterocycles. The maximum Gasteiger partial charge on any atom is 0.410 e. The zero-order valence-electron chi connectivity index (χ0n) is 21.8. The highest BCUT2D eigenvalue weighted by atomic mass is 16.7. The lowest BCUT2D eigenvalue weighted by Gasteiger charge is -2.34. The number of carbonyl (C=O) groups is 1. The molecule has 38 heavy (non-hydrogen) atoms. The van der Waals surface area contributed by atoms with Crippen LogP contribution in [0.3, 0.4) is 0 Å². The molecule has 9 nitrogen and oxygen atoms in total. The Morgan fingerprint density at radius 2 is 1.82 bits per heavy atom. The first kappa shape index (κ1) is 25.1. The van der Waals surface area contributed by atoms with Crippen LogP contribution >= 0.6 is 0 Å². The summed E-state index contributed by atoms with van der Waals surface area (Å²) in [6.07, 6.45) is 10.6. The van der Waals surface area contributed by atoms with Gasteiger partial charge in [0.2, 0.25) is 11.8 Å². The molecule has 0 saturated carbocycles. The average molecular weight is 521 g/mol. The molecule has 3 unspecified atom stereocenters. The zero-order chi connectivity index (χ0) is 25.7. The third-order valence-corrected chi connectivity index (χ3v) is 7.64. The highest BCUT2D eigenvalue weighted by Crippen LogP contribution is 2.33. The van der Waals surface area contributed by atoms with Crippen LogP contribution in [0.4, 0.5) is 10.7 Å². The van der Waals surface area contributed by atoms with Crippen LogP contribution in [0.5, 0.6) is 5.88 Å². The van der Waals surface area contributed by atoms with Gasteiger partial charge in [0.25, 0.3) is 0 Å². The fraction of sp³-hybridized carbons (Fsp3) is 0.552. The van der Waals surface area contributed by atoms with E-state index in [2.05, 4.69) is 17.1 Å². The molecule has 0 radical (unpaired) electrons. The first-order chi connectivity index (χ1) is 18.7. The van der Waals surface area contributed by atoms with E-state index < -0.39 is 0 Å². The lowest BCUT2D eigenvalue weighted by Crippen LogP contribution is -2.49. The SMILES string of the molecule is O=C(OCc1ccccc1)N1CCN(c2nc3c(c(OC4C=CC(OC5CCCCO5)C4)n2)CCC3)CC1. The molecule has 2 aromatic rings. The number of nitrogens with zero attached hydrogens (tertiary/aromatic N) is 4. The molecular formula is C29H36N4O5. The van der Waals surface area contributed by atoms with Gasteiger partial charge in [-0.1, -0.05) is 36.4 Å². The van der Waals surface area contributed by atoms with Crippen molar-refractivity contribution >= 4 is 12.0 Å². The molecule has 2 aliphatic heterocycles. The van der Waals surface area contributed by atoms with Gasteiger partial charge >= 0.3 is 6.09 Å². The van der Waals surface area contributed by atoms with Crippen molar-refractivity contribution in [1.29, 1.82) is 0 Å². The summed E-state index contributed by atoms with van der Waals surface area (Å²) in [5.74, 6) is 1.37. The molecule has 2 aliphatic carbocycles. The molecule has 9 heteroatoms. The number of carbonyl (C=O) groups excluding carboxylic acids is 1. The minimum atomic E-state index is -0.282. The van der Waals surface area contributed by atoms with E-state index in [4.69, 9.17) is 28.9 Å². The van der Waals surface area contributed by atoms with Gasteiger partial charge in [0.1, 0.15) is 12.7 Å². The normalized spacial score (nSPS) is 24.9. The number of aryl methyl sites for hydroxylation is 1. The first-order valence-electron chi connectivity index (χ1n) is 13.9. The molecule has 202 valence electrons. The van der Waals surface area contributed by atoms with Crippen LogP contribution in [-0.2, 0) is 33.7 Å². The first-order valence-corrected chi connectivity index (χ1v) is 13.9. The highest BCUT2D eigenvalue weighted by Gasteiger charge is 2.30. The number of amides is 1. The summed E-state index contributed by atoms with van der Waals surface area (Å²) in [5.41, 5.74) is 3.20. The maximum absolute atomic E-state index is 12.6. The van der Waals surface area contributed by atoms with Gasteiger partial charge in [0.15, 0.2) is 6.29 Å². The van der Waals surface area contributed by atoms with Crippen LogP contribution in [0.1, 0.15) is 48.9 Å². The number of fused-ring (bicyclic) bond motifs is 1. The van der Waals surface area contributed by atoms with E-state index in [1.54, 1.807) is 4.90 Å². The number of aromatic nitrogens is 2. The Morgan fingerprint density at radius 3 is 2.63 bits per heavy atom. The van der Waals surface area contributed by atoms with Crippen molar-refractivity contribution in [3.63, 3.8) is 0 Å². The number of ether oxygens (including phenoxy) is 4. The summed E-state index contributed by atoms with van der Waals surface area (Å²) in [6.45, 7) is 3.50. The standard InChI is InChI=1S/C29H36N4O5/c34-29(36-20-21-7-2-1-3-8-21)33-16-14-32(15-17-33)28-30-25-10-6-9-24(25)27(31-28)38-23-13-12-22(19-23)37-26-11-4-5-18-35-26/h1-3,7-8,12-13,22-23,26H,4-6,9-11,14-20H2. The Hall–Kier alpha value is -3.17. The molecule has 1 amide bonds. The topological polar surface area (TPSA) is 86.3 Å². The van der Waals surface area contributed by atoms with Crippen molar-refractivity contribution in [2.24, 2.45) is 0 Å². The van der Waals surface area contributed by atoms with Crippen LogP contribution < -0.4 is 9.64 Å². The van der Waals surface area contributed by atoms with Gasteiger partial charge < -0.3 is 28.7 Å². The van der Waals surface area contributed by atoms with Gasteiger partial charge in [-0.2, -0.15) is 4.98 Å². The van der Waals surface area contributed by atoms with Crippen molar-refractivity contribution in [3.05, 3.63) is 59.3 Å². The van der Waals surface area contributed by atoms with Crippen LogP contribution in [0.25, 0.3) is 0 Å². The number of benzene rings is 1. The molecule has 2 fully saturated rings. The van der Waals surface area contributed by atoms with Crippen molar-refractivity contribution in [2.45, 2.75) is 70.1 Å². The van der Waals surface area contributed by atoms with Crippen molar-refractivity contribution in [2.75, 3.05) is 37.7 Å². The van der Waals surface area contributed by atoms with E-state index in [1.807, 2.05) is 30.3 Å². The highest BCUT2D eigenvalue weighted by molar-refractivity contribution is 5.68. The number of anilines is 1. The monoisotopic (exact) mass is 520 g/mol. The third kappa shape index (κ3) is 5.94. The molecule has 6 rings (SSSR count). The Kier molecular flexibility index (Phi) is 7.74. The predicted octanol–water partition coefficient (Wildman–Crippen LogP) is 4.04. The maximum atomic E-state index is 12.6. The second-order valence-electron chi connectivity index (χ2n) is 10.4. The van der Waals surface area contributed by atoms with Crippen molar-refractivity contribution in [1.82, 2.24) is 14.9 Å². The zero-order valence-corrected chi connectivity index (χ0v) is 21.8. The Balaban J connectivity index is 1.04. The third-order valence-electron chi connectivity index (χ3n) is 7.64. The van der Waals surface area contributed by atoms with E-state index in [0.29, 0.717) is 38.0 Å². The van der Waals surface area contributed by atoms with Gasteiger partial charge in [0, 0.05) is 44.8 Å². The van der Waals surface area contributed by atoms with E-state index in [9.17, 15) is 4.79 Å². The number of rotatable bonds is 7. The molecule has 0 bridgehead atoms. The van der Waals surface area contributed by atoms with Gasteiger partial charge in [0.05, 0.1) is 11.8 Å². The summed E-state index contributed by atoms with van der Waals surface area (Å²) in [5, 5.41) is 0. The van der Waals surface area contributed by atoms with E-state index in [1.165, 1.54) is 0 Å². The van der Waals surface area contributed by atoms with Crippen LogP contribution in [-0.4, -0.2) is 72.2 Å². The molecular weight excluding hydrogens is 484 g/mol. The summed E-state index contributed by atoms with van der Waals surface area (Å²) in [7, 11) is 0. The lowest BCUT2D eigenvalue weighted by atomic mass is 10.2. The largest absolute Gasteiger partial charge is 0.470 e. The van der Waals surface area contributed by atoms with Crippen molar-refractivity contribution in [3.8, 4) is 5.88 Å². The summed E-state index contributed by atoms with van der Waals surface area (Å²) in [4.78, 5) is 26.2. The quantitative estimate of drug-likeness (QED) is 0.506. The molecule has 1 aromatic carbocycles. The second-order valence-corrected chi connectivity index (χ2v) is 10.4. The summed E-state index contributed by atoms with van der Waals surface area (Å²) in [6, 6.07) is 9.74. The summed E-state index contributed by atoms with van der Waals surface area (Å²) >= 11 is 0. The Labute approximate surface area is 223 Å². The average Bonchev–Trinajstić information content (AvgIpc) is 3.62. The van der Waals surface area contributed by atoms with Gasteiger partial charge in [-0.3, -0.25) is 0 Å². The Morgan fingerprint density at radius 1 is 0.974 bits per heavy atom. The van der Waals surface area contributed by atoms with E-state index >= 15 is 0 Å². The second kappa shape index (κ2) is 11.7. The van der Waals surface area contributed by atoms with Crippen LogP contribution in [0, 0.1) is 0 Å². The van der Waals surface area contributed by atoms with Crippen molar-refractivity contribution < 1.29 is 23.7 Å². The summed E-state index contributed by atoms with van der Waals surface area (Å²) < 4.78 is 23.8. The molecule has 3 atom stereocenters. The fourth-order valence-corrected chi connectivity index (χ4v) is 5.50. The fourth-order valence-electron chi connectivity index (χ4n) is 5.50. The van der Waals surface area contributed by atoms with Gasteiger partial charge in [-0.05, 0) is 50.2 Å². The van der Waals surface area contributed by atoms with Gasteiger partial charge in [-0.15, -0.1) is 0 Å². The lowest BCUT2D eigenvalue weighted by molar-refractivity contribution is -0.179. The number of piperazine rings is 1. The molecule has 3 heterocycles. The molecule has 1 aromatic heterocycles. The smallest absolute Gasteiger partial charge is 0.410 e. The van der Waals surface area contributed by atoms with Crippen LogP contribution in [0.15, 0.2) is 42.5 Å². The molecule has 0 N–H and O–H groups in total. The molecule has 4 aliphatic rings. The van der Waals surface area contributed by atoms with E-state index in [0.717, 1.165) is 68.4 Å². The number of hydrogen-bond acceptors (Lipinski definition) is 8.